The highest BCUT2D eigenvalue weighted by molar-refractivity contribution is 7.92. The van der Waals surface area contributed by atoms with Gasteiger partial charge in [-0.1, -0.05) is 12.1 Å². The molecule has 8 heteroatoms. The van der Waals surface area contributed by atoms with Crippen molar-refractivity contribution in [1.29, 1.82) is 0 Å². The minimum Gasteiger partial charge on any atom is -0.497 e. The lowest BCUT2D eigenvalue weighted by Gasteiger charge is -2.13. The van der Waals surface area contributed by atoms with E-state index in [2.05, 4.69) is 10.0 Å². The maximum Gasteiger partial charge on any atom is 0.262 e. The predicted molar refractivity (Wildman–Crippen MR) is 99.2 cm³/mol. The van der Waals surface area contributed by atoms with E-state index in [4.69, 9.17) is 9.47 Å². The fourth-order valence-corrected chi connectivity index (χ4v) is 3.38. The van der Waals surface area contributed by atoms with Gasteiger partial charge in [0.05, 0.1) is 24.8 Å². The Labute approximate surface area is 153 Å². The van der Waals surface area contributed by atoms with Gasteiger partial charge in [0.2, 0.25) is 5.91 Å². The first kappa shape index (κ1) is 19.6. The average Bonchev–Trinajstić information content (AvgIpc) is 2.62. The summed E-state index contributed by atoms with van der Waals surface area (Å²) >= 11 is 0. The Hall–Kier alpha value is -2.74. The standard InChI is InChI=1S/C18H22N2O5S/c1-13(21)19-11-10-14-4-7-16(8-5-14)26(22,23)20-17-9-6-15(24-2)12-18(17)25-3/h4-9,12,20H,10-11H2,1-3H3,(H,19,21). The summed E-state index contributed by atoms with van der Waals surface area (Å²) in [6.07, 6.45) is 0.625. The molecule has 0 saturated heterocycles. The number of nitrogens with one attached hydrogen (secondary N) is 2. The van der Waals surface area contributed by atoms with Gasteiger partial charge in [-0.3, -0.25) is 9.52 Å². The predicted octanol–water partition coefficient (Wildman–Crippen LogP) is 2.18. The summed E-state index contributed by atoms with van der Waals surface area (Å²) in [6, 6.07) is 11.3. The van der Waals surface area contributed by atoms with E-state index in [9.17, 15) is 13.2 Å². The van der Waals surface area contributed by atoms with Crippen molar-refractivity contribution in [2.75, 3.05) is 25.5 Å². The van der Waals surface area contributed by atoms with Crippen LogP contribution in [0.4, 0.5) is 5.69 Å². The molecule has 0 unspecified atom stereocenters. The molecule has 0 aliphatic rings. The number of carbonyl (C=O) groups is 1. The molecule has 0 heterocycles. The molecule has 2 aromatic rings. The summed E-state index contributed by atoms with van der Waals surface area (Å²) in [5.74, 6) is 0.829. The van der Waals surface area contributed by atoms with Gasteiger partial charge >= 0.3 is 0 Å². The van der Waals surface area contributed by atoms with Crippen molar-refractivity contribution in [3.05, 3.63) is 48.0 Å². The molecular weight excluding hydrogens is 356 g/mol. The van der Waals surface area contributed by atoms with Gasteiger partial charge in [-0.25, -0.2) is 8.42 Å². The van der Waals surface area contributed by atoms with Crippen LogP contribution in [0.3, 0.4) is 0 Å². The highest BCUT2D eigenvalue weighted by atomic mass is 32.2. The first-order valence-electron chi connectivity index (χ1n) is 7.94. The molecule has 0 atom stereocenters. The third-order valence-corrected chi connectivity index (χ3v) is 5.06. The topological polar surface area (TPSA) is 93.7 Å². The van der Waals surface area contributed by atoms with Gasteiger partial charge in [-0.2, -0.15) is 0 Å². The van der Waals surface area contributed by atoms with E-state index in [0.717, 1.165) is 5.56 Å². The van der Waals surface area contributed by atoms with Crippen molar-refractivity contribution < 1.29 is 22.7 Å². The lowest BCUT2D eigenvalue weighted by molar-refractivity contribution is -0.118. The number of amides is 1. The fraction of sp³-hybridized carbons (Fsp3) is 0.278. The quantitative estimate of drug-likeness (QED) is 0.734. The molecule has 0 spiro atoms. The molecule has 0 saturated carbocycles. The molecule has 0 aromatic heterocycles. The van der Waals surface area contributed by atoms with E-state index >= 15 is 0 Å². The molecule has 0 aliphatic carbocycles. The van der Waals surface area contributed by atoms with Crippen molar-refractivity contribution in [1.82, 2.24) is 5.32 Å². The van der Waals surface area contributed by atoms with Crippen LogP contribution >= 0.6 is 0 Å². The first-order chi connectivity index (χ1) is 12.4. The minimum atomic E-state index is -3.76. The molecule has 7 nitrogen and oxygen atoms in total. The maximum atomic E-state index is 12.6. The van der Waals surface area contributed by atoms with Crippen LogP contribution in [0.15, 0.2) is 47.4 Å². The summed E-state index contributed by atoms with van der Waals surface area (Å²) < 4.78 is 38.0. The van der Waals surface area contributed by atoms with Gasteiger partial charge in [-0.05, 0) is 36.2 Å². The molecule has 0 aliphatic heterocycles. The van der Waals surface area contributed by atoms with Crippen molar-refractivity contribution in [2.24, 2.45) is 0 Å². The van der Waals surface area contributed by atoms with Gasteiger partial charge < -0.3 is 14.8 Å². The second kappa shape index (κ2) is 8.57. The number of carbonyl (C=O) groups excluding carboxylic acids is 1. The zero-order valence-corrected chi connectivity index (χ0v) is 15.7. The number of rotatable bonds is 8. The largest absolute Gasteiger partial charge is 0.497 e. The minimum absolute atomic E-state index is 0.0955. The van der Waals surface area contributed by atoms with Crippen LogP contribution in [0.2, 0.25) is 0 Å². The molecular formula is C18H22N2O5S. The van der Waals surface area contributed by atoms with Gasteiger partial charge in [0.25, 0.3) is 10.0 Å². The Morgan fingerprint density at radius 2 is 1.73 bits per heavy atom. The number of hydrogen-bond donors (Lipinski definition) is 2. The molecule has 0 bridgehead atoms. The Morgan fingerprint density at radius 3 is 2.31 bits per heavy atom. The van der Waals surface area contributed by atoms with Crippen LogP contribution < -0.4 is 19.5 Å². The average molecular weight is 378 g/mol. The highest BCUT2D eigenvalue weighted by Gasteiger charge is 2.17. The number of ether oxygens (including phenoxy) is 2. The number of hydrogen-bond acceptors (Lipinski definition) is 5. The second-order valence-electron chi connectivity index (χ2n) is 5.55. The third-order valence-electron chi connectivity index (χ3n) is 3.67. The van der Waals surface area contributed by atoms with Crippen LogP contribution in [0.5, 0.6) is 11.5 Å². The number of benzene rings is 2. The summed E-state index contributed by atoms with van der Waals surface area (Å²) in [5.41, 5.74) is 1.25. The summed E-state index contributed by atoms with van der Waals surface area (Å²) in [6.45, 7) is 1.96. The summed E-state index contributed by atoms with van der Waals surface area (Å²) in [4.78, 5) is 11.0. The molecule has 26 heavy (non-hydrogen) atoms. The van der Waals surface area contributed by atoms with E-state index in [1.165, 1.54) is 33.3 Å². The van der Waals surface area contributed by atoms with E-state index in [0.29, 0.717) is 30.2 Å². The Morgan fingerprint density at radius 1 is 1.04 bits per heavy atom. The zero-order chi connectivity index (χ0) is 19.2. The lowest BCUT2D eigenvalue weighted by Crippen LogP contribution is -2.22. The van der Waals surface area contributed by atoms with Crippen molar-refractivity contribution in [3.63, 3.8) is 0 Å². The van der Waals surface area contributed by atoms with Crippen LogP contribution in [0.1, 0.15) is 12.5 Å². The van der Waals surface area contributed by atoms with Crippen molar-refractivity contribution in [3.8, 4) is 11.5 Å². The highest BCUT2D eigenvalue weighted by Crippen LogP contribution is 2.30. The van der Waals surface area contributed by atoms with Crippen LogP contribution in [0, 0.1) is 0 Å². The van der Waals surface area contributed by atoms with Crippen molar-refractivity contribution >= 4 is 21.6 Å². The number of methoxy groups -OCH3 is 2. The molecule has 2 aromatic carbocycles. The molecule has 1 amide bonds. The Balaban J connectivity index is 2.14. The molecule has 2 rings (SSSR count). The SMILES string of the molecule is COc1ccc(NS(=O)(=O)c2ccc(CCNC(C)=O)cc2)c(OC)c1. The fourth-order valence-electron chi connectivity index (χ4n) is 2.30. The molecule has 0 radical (unpaired) electrons. The smallest absolute Gasteiger partial charge is 0.262 e. The summed E-state index contributed by atoms with van der Waals surface area (Å²) in [7, 11) is -0.782. The molecule has 140 valence electrons. The van der Waals surface area contributed by atoms with Crippen LogP contribution in [0.25, 0.3) is 0 Å². The van der Waals surface area contributed by atoms with Gasteiger partial charge in [-0.15, -0.1) is 0 Å². The molecule has 2 N–H and O–H groups in total. The van der Waals surface area contributed by atoms with E-state index in [1.807, 2.05) is 0 Å². The van der Waals surface area contributed by atoms with Gasteiger partial charge in [0.15, 0.2) is 0 Å². The Kier molecular flexibility index (Phi) is 6.46. The number of anilines is 1. The third kappa shape index (κ3) is 5.13. The second-order valence-corrected chi connectivity index (χ2v) is 7.23. The van der Waals surface area contributed by atoms with Crippen LogP contribution in [-0.2, 0) is 21.2 Å². The van der Waals surface area contributed by atoms with Crippen molar-refractivity contribution in [2.45, 2.75) is 18.2 Å². The van der Waals surface area contributed by atoms with Gasteiger partial charge in [0.1, 0.15) is 11.5 Å². The summed E-state index contributed by atoms with van der Waals surface area (Å²) in [5, 5.41) is 2.70. The maximum absolute atomic E-state index is 12.6. The Bertz CT molecular complexity index is 864. The van der Waals surface area contributed by atoms with Gasteiger partial charge in [0, 0.05) is 19.5 Å². The zero-order valence-electron chi connectivity index (χ0n) is 14.9. The lowest BCUT2D eigenvalue weighted by atomic mass is 10.1. The van der Waals surface area contributed by atoms with E-state index < -0.39 is 10.0 Å². The number of sulfonamides is 1. The molecule has 0 fully saturated rings. The van der Waals surface area contributed by atoms with Crippen LogP contribution in [-0.4, -0.2) is 35.1 Å². The monoisotopic (exact) mass is 378 g/mol. The van der Waals surface area contributed by atoms with E-state index in [1.54, 1.807) is 30.3 Å². The normalized spacial score (nSPS) is 10.9. The first-order valence-corrected chi connectivity index (χ1v) is 9.42. The van der Waals surface area contributed by atoms with E-state index in [-0.39, 0.29) is 10.8 Å².